The van der Waals surface area contributed by atoms with E-state index in [2.05, 4.69) is 40.1 Å². The first-order chi connectivity index (χ1) is 15.9. The zero-order valence-corrected chi connectivity index (χ0v) is 19.3. The number of methoxy groups -OCH3 is 2. The number of benzene rings is 2. The van der Waals surface area contributed by atoms with E-state index >= 15 is 0 Å². The number of aliphatic carboxylic acids is 2. The lowest BCUT2D eigenvalue weighted by Gasteiger charge is -2.35. The monoisotopic (exact) mass is 460 g/mol. The van der Waals surface area contributed by atoms with Crippen LogP contribution in [0.25, 0.3) is 0 Å². The second-order valence-corrected chi connectivity index (χ2v) is 7.39. The molecule has 2 aromatic rings. The third-order valence-electron chi connectivity index (χ3n) is 5.17. The molecule has 0 bridgehead atoms. The fourth-order valence-electron chi connectivity index (χ4n) is 3.54. The van der Waals surface area contributed by atoms with E-state index in [1.165, 1.54) is 11.1 Å². The lowest BCUT2D eigenvalue weighted by molar-refractivity contribution is -0.159. The van der Waals surface area contributed by atoms with Crippen molar-refractivity contribution in [3.63, 3.8) is 0 Å². The molecule has 1 heterocycles. The fourth-order valence-corrected chi connectivity index (χ4v) is 3.54. The second-order valence-electron chi connectivity index (χ2n) is 7.39. The summed E-state index contributed by atoms with van der Waals surface area (Å²) in [5, 5.41) is 14.8. The highest BCUT2D eigenvalue weighted by molar-refractivity contribution is 6.27. The van der Waals surface area contributed by atoms with Crippen LogP contribution in [-0.2, 0) is 22.7 Å². The Morgan fingerprint density at radius 2 is 1.42 bits per heavy atom. The quantitative estimate of drug-likeness (QED) is 0.575. The predicted molar refractivity (Wildman–Crippen MR) is 123 cm³/mol. The van der Waals surface area contributed by atoms with E-state index in [1.807, 2.05) is 19.1 Å². The number of carboxylic acid groups (broad SMARTS) is 2. The summed E-state index contributed by atoms with van der Waals surface area (Å²) < 4.78 is 16.5. The average molecular weight is 461 g/mol. The van der Waals surface area contributed by atoms with Gasteiger partial charge < -0.3 is 24.4 Å². The lowest BCUT2D eigenvalue weighted by atomic mass is 10.1. The number of carboxylic acids is 2. The van der Waals surface area contributed by atoms with Crippen molar-refractivity contribution < 1.29 is 34.0 Å². The average Bonchev–Trinajstić information content (AvgIpc) is 2.82. The highest BCUT2D eigenvalue weighted by atomic mass is 16.5. The third-order valence-corrected chi connectivity index (χ3v) is 5.17. The third kappa shape index (κ3) is 8.28. The van der Waals surface area contributed by atoms with Gasteiger partial charge in [-0.3, -0.25) is 9.80 Å². The largest absolute Gasteiger partial charge is 0.494 e. The highest BCUT2D eigenvalue weighted by Gasteiger charge is 2.19. The van der Waals surface area contributed by atoms with Crippen LogP contribution in [0.15, 0.2) is 42.5 Å². The van der Waals surface area contributed by atoms with E-state index in [0.29, 0.717) is 6.61 Å². The van der Waals surface area contributed by atoms with Crippen molar-refractivity contribution in [3.8, 4) is 17.2 Å². The number of para-hydroxylation sites is 1. The minimum atomic E-state index is -1.82. The van der Waals surface area contributed by atoms with Gasteiger partial charge >= 0.3 is 11.9 Å². The van der Waals surface area contributed by atoms with Gasteiger partial charge in [-0.05, 0) is 30.7 Å². The Morgan fingerprint density at radius 3 is 1.91 bits per heavy atom. The molecule has 9 nitrogen and oxygen atoms in total. The lowest BCUT2D eigenvalue weighted by Crippen LogP contribution is -2.45. The maximum Gasteiger partial charge on any atom is 0.414 e. The van der Waals surface area contributed by atoms with Gasteiger partial charge in [0.1, 0.15) is 5.75 Å². The molecule has 0 saturated carbocycles. The number of nitrogens with zero attached hydrogens (tertiary/aromatic N) is 2. The summed E-state index contributed by atoms with van der Waals surface area (Å²) in [6.07, 6.45) is 0. The highest BCUT2D eigenvalue weighted by Crippen LogP contribution is 2.31. The van der Waals surface area contributed by atoms with E-state index in [0.717, 1.165) is 56.5 Å². The van der Waals surface area contributed by atoms with Crippen LogP contribution in [0.3, 0.4) is 0 Å². The molecule has 2 N–H and O–H groups in total. The van der Waals surface area contributed by atoms with Crippen LogP contribution < -0.4 is 14.2 Å². The minimum Gasteiger partial charge on any atom is -0.494 e. The maximum atomic E-state index is 9.10. The molecular weight excluding hydrogens is 428 g/mol. The van der Waals surface area contributed by atoms with Crippen molar-refractivity contribution in [2.75, 3.05) is 47.0 Å². The first-order valence-electron chi connectivity index (χ1n) is 10.7. The standard InChI is InChI=1S/C22H30N2O3.C2H2O4/c1-4-27-20-10-8-18(9-11-20)16-23-12-14-24(15-13-23)17-19-6-5-7-21(25-2)22(19)26-3;3-1(4)2(5)6/h5-11H,4,12-17H2,1-3H3;(H,3,4)(H,5,6). The molecular formula is C24H32N2O7. The van der Waals surface area contributed by atoms with Gasteiger partial charge in [-0.1, -0.05) is 24.3 Å². The summed E-state index contributed by atoms with van der Waals surface area (Å²) in [4.78, 5) is 23.2. The van der Waals surface area contributed by atoms with Crippen molar-refractivity contribution in [2.24, 2.45) is 0 Å². The molecule has 0 radical (unpaired) electrons. The zero-order chi connectivity index (χ0) is 24.2. The van der Waals surface area contributed by atoms with Gasteiger partial charge in [-0.25, -0.2) is 9.59 Å². The Kier molecular flexibility index (Phi) is 10.5. The van der Waals surface area contributed by atoms with Gasteiger partial charge in [-0.2, -0.15) is 0 Å². The van der Waals surface area contributed by atoms with Crippen LogP contribution >= 0.6 is 0 Å². The number of hydrogen-bond acceptors (Lipinski definition) is 7. The van der Waals surface area contributed by atoms with Crippen molar-refractivity contribution in [1.29, 1.82) is 0 Å². The topological polar surface area (TPSA) is 109 Å². The molecule has 2 aromatic carbocycles. The molecule has 180 valence electrons. The van der Waals surface area contributed by atoms with E-state index in [9.17, 15) is 0 Å². The van der Waals surface area contributed by atoms with Gasteiger partial charge in [0, 0.05) is 44.8 Å². The normalized spacial score (nSPS) is 14.0. The van der Waals surface area contributed by atoms with Crippen LogP contribution in [-0.4, -0.2) is 79.0 Å². The van der Waals surface area contributed by atoms with E-state index in [1.54, 1.807) is 14.2 Å². The van der Waals surface area contributed by atoms with E-state index in [-0.39, 0.29) is 0 Å². The van der Waals surface area contributed by atoms with Gasteiger partial charge in [0.05, 0.1) is 20.8 Å². The first kappa shape index (κ1) is 26.0. The molecule has 1 aliphatic rings. The van der Waals surface area contributed by atoms with E-state index in [4.69, 9.17) is 34.0 Å². The first-order valence-corrected chi connectivity index (χ1v) is 10.7. The van der Waals surface area contributed by atoms with Gasteiger partial charge in [-0.15, -0.1) is 0 Å². The summed E-state index contributed by atoms with van der Waals surface area (Å²) in [5.41, 5.74) is 2.51. The van der Waals surface area contributed by atoms with Crippen molar-refractivity contribution >= 4 is 11.9 Å². The predicted octanol–water partition coefficient (Wildman–Crippen LogP) is 2.58. The molecule has 0 aromatic heterocycles. The van der Waals surface area contributed by atoms with Crippen LogP contribution in [0.5, 0.6) is 17.2 Å². The molecule has 0 spiro atoms. The molecule has 0 aliphatic carbocycles. The second kappa shape index (κ2) is 13.3. The van der Waals surface area contributed by atoms with Gasteiger partial charge in [0.15, 0.2) is 11.5 Å². The Labute approximate surface area is 194 Å². The van der Waals surface area contributed by atoms with Crippen LogP contribution in [0, 0.1) is 0 Å². The summed E-state index contributed by atoms with van der Waals surface area (Å²) in [6, 6.07) is 14.5. The molecule has 1 fully saturated rings. The summed E-state index contributed by atoms with van der Waals surface area (Å²) >= 11 is 0. The Balaban J connectivity index is 0.000000569. The Hall–Kier alpha value is -3.30. The Morgan fingerprint density at radius 1 is 0.848 bits per heavy atom. The van der Waals surface area contributed by atoms with Gasteiger partial charge in [0.2, 0.25) is 0 Å². The van der Waals surface area contributed by atoms with E-state index < -0.39 is 11.9 Å². The molecule has 0 amide bonds. The van der Waals surface area contributed by atoms with Crippen LogP contribution in [0.1, 0.15) is 18.1 Å². The molecule has 9 heteroatoms. The SMILES string of the molecule is CCOc1ccc(CN2CCN(Cc3cccc(OC)c3OC)CC2)cc1.O=C(O)C(=O)O. The number of hydrogen-bond donors (Lipinski definition) is 2. The smallest absolute Gasteiger partial charge is 0.414 e. The zero-order valence-electron chi connectivity index (χ0n) is 19.3. The van der Waals surface area contributed by atoms with Crippen LogP contribution in [0.4, 0.5) is 0 Å². The van der Waals surface area contributed by atoms with Crippen molar-refractivity contribution in [1.82, 2.24) is 9.80 Å². The number of ether oxygens (including phenoxy) is 3. The molecule has 1 aliphatic heterocycles. The fraction of sp³-hybridized carbons (Fsp3) is 0.417. The summed E-state index contributed by atoms with van der Waals surface area (Å²) in [6.45, 7) is 8.83. The summed E-state index contributed by atoms with van der Waals surface area (Å²) in [5.74, 6) is -1.07. The molecule has 33 heavy (non-hydrogen) atoms. The molecule has 0 atom stereocenters. The van der Waals surface area contributed by atoms with Crippen molar-refractivity contribution in [2.45, 2.75) is 20.0 Å². The minimum absolute atomic E-state index is 0.708. The summed E-state index contributed by atoms with van der Waals surface area (Å²) in [7, 11) is 3.39. The maximum absolute atomic E-state index is 9.10. The van der Waals surface area contributed by atoms with Crippen LogP contribution in [0.2, 0.25) is 0 Å². The van der Waals surface area contributed by atoms with Gasteiger partial charge in [0.25, 0.3) is 0 Å². The number of piperazine rings is 1. The number of carbonyl (C=O) groups is 2. The van der Waals surface area contributed by atoms with Crippen molar-refractivity contribution in [3.05, 3.63) is 53.6 Å². The molecule has 1 saturated heterocycles. The molecule has 3 rings (SSSR count). The molecule has 0 unspecified atom stereocenters. The Bertz CT molecular complexity index is 882. The number of rotatable bonds is 8.